The van der Waals surface area contributed by atoms with Crippen LogP contribution in [0.15, 0.2) is 12.2 Å². The highest BCUT2D eigenvalue weighted by Crippen LogP contribution is 2.16. The number of likely N-dealkylation sites (tertiary alicyclic amines) is 1. The van der Waals surface area contributed by atoms with Gasteiger partial charge in [-0.05, 0) is 6.42 Å². The summed E-state index contributed by atoms with van der Waals surface area (Å²) < 4.78 is 0. The number of carbonyl (C=O) groups excluding carboxylic acids is 2. The lowest BCUT2D eigenvalue weighted by Crippen LogP contribution is -2.30. The van der Waals surface area contributed by atoms with E-state index in [1.165, 1.54) is 4.90 Å². The zero-order valence-corrected chi connectivity index (χ0v) is 7.30. The Morgan fingerprint density at radius 2 is 2.17 bits per heavy atom. The van der Waals surface area contributed by atoms with Crippen molar-refractivity contribution < 1.29 is 9.59 Å². The molecule has 0 radical (unpaired) electrons. The van der Waals surface area contributed by atoms with Gasteiger partial charge >= 0.3 is 0 Å². The van der Waals surface area contributed by atoms with Crippen molar-refractivity contribution in [1.82, 2.24) is 4.90 Å². The van der Waals surface area contributed by atoms with Gasteiger partial charge in [0.25, 0.3) is 5.91 Å². The zero-order valence-electron chi connectivity index (χ0n) is 7.30. The molecule has 1 fully saturated rings. The summed E-state index contributed by atoms with van der Waals surface area (Å²) in [5, 5.41) is 0. The summed E-state index contributed by atoms with van der Waals surface area (Å²) in [4.78, 5) is 23.7. The van der Waals surface area contributed by atoms with Crippen LogP contribution in [-0.2, 0) is 9.59 Å². The maximum Gasteiger partial charge on any atom is 0.256 e. The van der Waals surface area contributed by atoms with Gasteiger partial charge in [0.15, 0.2) is 0 Å². The highest BCUT2D eigenvalue weighted by Gasteiger charge is 2.31. The van der Waals surface area contributed by atoms with Gasteiger partial charge in [0.2, 0.25) is 5.91 Å². The van der Waals surface area contributed by atoms with E-state index in [0.717, 1.165) is 12.8 Å². The highest BCUT2D eigenvalue weighted by atomic mass is 16.2. The third kappa shape index (κ3) is 1.55. The SMILES string of the molecule is C=C1CC(=O)N(CCCC)C1=O. The number of unbranched alkanes of at least 4 members (excludes halogenated alkanes) is 1. The predicted molar refractivity (Wildman–Crippen MR) is 45.4 cm³/mol. The second kappa shape index (κ2) is 3.52. The standard InChI is InChI=1S/C9H13NO2/c1-3-4-5-10-8(11)6-7(2)9(10)12/h2-6H2,1H3. The molecule has 3 heteroatoms. The fraction of sp³-hybridized carbons (Fsp3) is 0.556. The van der Waals surface area contributed by atoms with Gasteiger partial charge in [-0.15, -0.1) is 0 Å². The molecule has 1 aliphatic heterocycles. The van der Waals surface area contributed by atoms with Crippen LogP contribution < -0.4 is 0 Å². The van der Waals surface area contributed by atoms with Crippen LogP contribution in [0.2, 0.25) is 0 Å². The lowest BCUT2D eigenvalue weighted by Gasteiger charge is -2.11. The summed E-state index contributed by atoms with van der Waals surface area (Å²) in [6.07, 6.45) is 2.08. The fourth-order valence-electron chi connectivity index (χ4n) is 1.20. The van der Waals surface area contributed by atoms with Crippen LogP contribution >= 0.6 is 0 Å². The minimum absolute atomic E-state index is 0.0987. The van der Waals surface area contributed by atoms with E-state index in [2.05, 4.69) is 6.58 Å². The Balaban J connectivity index is 2.58. The first kappa shape index (κ1) is 8.97. The maximum absolute atomic E-state index is 11.2. The van der Waals surface area contributed by atoms with E-state index in [0.29, 0.717) is 12.1 Å². The number of hydrogen-bond acceptors (Lipinski definition) is 2. The normalized spacial score (nSPS) is 17.8. The first-order chi connectivity index (χ1) is 5.66. The maximum atomic E-state index is 11.2. The van der Waals surface area contributed by atoms with E-state index in [-0.39, 0.29) is 18.2 Å². The molecule has 0 aromatic rings. The van der Waals surface area contributed by atoms with E-state index in [1.54, 1.807) is 0 Å². The molecule has 0 bridgehead atoms. The molecule has 1 heterocycles. The summed E-state index contributed by atoms with van der Waals surface area (Å²) in [5.41, 5.74) is 0.427. The lowest BCUT2D eigenvalue weighted by atomic mass is 10.3. The molecular formula is C9H13NO2. The number of hydrogen-bond donors (Lipinski definition) is 0. The molecule has 0 N–H and O–H groups in total. The lowest BCUT2D eigenvalue weighted by molar-refractivity contribution is -0.137. The number of imide groups is 1. The van der Waals surface area contributed by atoms with Crippen LogP contribution in [0.5, 0.6) is 0 Å². The van der Waals surface area contributed by atoms with Gasteiger partial charge in [0.05, 0.1) is 6.42 Å². The van der Waals surface area contributed by atoms with E-state index < -0.39 is 0 Å². The minimum atomic E-state index is -0.187. The van der Waals surface area contributed by atoms with E-state index >= 15 is 0 Å². The summed E-state index contributed by atoms with van der Waals surface area (Å²) in [7, 11) is 0. The van der Waals surface area contributed by atoms with Crippen LogP contribution in [0.1, 0.15) is 26.2 Å². The second-order valence-electron chi connectivity index (χ2n) is 2.98. The summed E-state index contributed by atoms with van der Waals surface area (Å²) in [5.74, 6) is -0.285. The average molecular weight is 167 g/mol. The molecular weight excluding hydrogens is 154 g/mol. The molecule has 1 rings (SSSR count). The van der Waals surface area contributed by atoms with Crippen molar-refractivity contribution in [3.8, 4) is 0 Å². The van der Waals surface area contributed by atoms with E-state index in [9.17, 15) is 9.59 Å². The topological polar surface area (TPSA) is 37.4 Å². The summed E-state index contributed by atoms with van der Waals surface area (Å²) >= 11 is 0. The molecule has 0 saturated carbocycles. The molecule has 0 unspecified atom stereocenters. The molecule has 1 saturated heterocycles. The monoisotopic (exact) mass is 167 g/mol. The van der Waals surface area contributed by atoms with Crippen LogP contribution in [0, 0.1) is 0 Å². The molecule has 12 heavy (non-hydrogen) atoms. The molecule has 0 aliphatic carbocycles. The van der Waals surface area contributed by atoms with Crippen molar-refractivity contribution in [2.75, 3.05) is 6.54 Å². The van der Waals surface area contributed by atoms with E-state index in [1.807, 2.05) is 6.92 Å². The van der Waals surface area contributed by atoms with Gasteiger partial charge in [-0.3, -0.25) is 14.5 Å². The molecule has 0 aromatic carbocycles. The van der Waals surface area contributed by atoms with Crippen molar-refractivity contribution in [3.05, 3.63) is 12.2 Å². The highest BCUT2D eigenvalue weighted by molar-refractivity contribution is 6.12. The fourth-order valence-corrected chi connectivity index (χ4v) is 1.20. The van der Waals surface area contributed by atoms with Crippen molar-refractivity contribution in [1.29, 1.82) is 0 Å². The molecule has 1 aliphatic rings. The van der Waals surface area contributed by atoms with Gasteiger partial charge < -0.3 is 0 Å². The Morgan fingerprint density at radius 3 is 2.58 bits per heavy atom. The van der Waals surface area contributed by atoms with Gasteiger partial charge in [-0.25, -0.2) is 0 Å². The first-order valence-corrected chi connectivity index (χ1v) is 4.19. The molecule has 66 valence electrons. The summed E-state index contributed by atoms with van der Waals surface area (Å²) in [6, 6.07) is 0. The van der Waals surface area contributed by atoms with Crippen molar-refractivity contribution >= 4 is 11.8 Å². The molecule has 0 aromatic heterocycles. The van der Waals surface area contributed by atoms with E-state index in [4.69, 9.17) is 0 Å². The van der Waals surface area contributed by atoms with Gasteiger partial charge in [0.1, 0.15) is 0 Å². The van der Waals surface area contributed by atoms with Crippen molar-refractivity contribution in [3.63, 3.8) is 0 Å². The van der Waals surface area contributed by atoms with Gasteiger partial charge in [-0.2, -0.15) is 0 Å². The van der Waals surface area contributed by atoms with Crippen LogP contribution in [0.25, 0.3) is 0 Å². The number of carbonyl (C=O) groups is 2. The first-order valence-electron chi connectivity index (χ1n) is 4.19. The Kier molecular flexibility index (Phi) is 2.63. The Hall–Kier alpha value is -1.12. The Bertz CT molecular complexity index is 233. The van der Waals surface area contributed by atoms with Gasteiger partial charge in [-0.1, -0.05) is 19.9 Å². The zero-order chi connectivity index (χ0) is 9.14. The average Bonchev–Trinajstić information content (AvgIpc) is 2.25. The minimum Gasteiger partial charge on any atom is -0.279 e. The Labute approximate surface area is 72.0 Å². The largest absolute Gasteiger partial charge is 0.279 e. The molecule has 0 spiro atoms. The third-order valence-electron chi connectivity index (χ3n) is 1.95. The second-order valence-corrected chi connectivity index (χ2v) is 2.98. The van der Waals surface area contributed by atoms with Gasteiger partial charge in [0, 0.05) is 12.1 Å². The van der Waals surface area contributed by atoms with Crippen molar-refractivity contribution in [2.45, 2.75) is 26.2 Å². The predicted octanol–water partition coefficient (Wildman–Crippen LogP) is 1.10. The smallest absolute Gasteiger partial charge is 0.256 e. The third-order valence-corrected chi connectivity index (χ3v) is 1.95. The van der Waals surface area contributed by atoms with Crippen LogP contribution in [-0.4, -0.2) is 23.3 Å². The van der Waals surface area contributed by atoms with Crippen LogP contribution in [0.4, 0.5) is 0 Å². The van der Waals surface area contributed by atoms with Crippen LogP contribution in [0.3, 0.4) is 0 Å². The number of amides is 2. The number of rotatable bonds is 3. The Morgan fingerprint density at radius 1 is 1.50 bits per heavy atom. The molecule has 0 atom stereocenters. The number of nitrogens with zero attached hydrogens (tertiary/aromatic N) is 1. The quantitative estimate of drug-likeness (QED) is 0.466. The molecule has 3 nitrogen and oxygen atoms in total. The molecule has 2 amide bonds. The summed E-state index contributed by atoms with van der Waals surface area (Å²) in [6.45, 7) is 6.11. The van der Waals surface area contributed by atoms with Crippen molar-refractivity contribution in [2.24, 2.45) is 0 Å².